The Balaban J connectivity index is 1.74. The van der Waals surface area contributed by atoms with Crippen molar-refractivity contribution in [2.75, 3.05) is 11.9 Å². The van der Waals surface area contributed by atoms with Crippen LogP contribution in [0.4, 0.5) is 10.5 Å². The molecular formula is C25H31N5O3. The summed E-state index contributed by atoms with van der Waals surface area (Å²) in [6, 6.07) is 12.9. The van der Waals surface area contributed by atoms with Crippen molar-refractivity contribution in [1.82, 2.24) is 19.7 Å². The number of rotatable bonds is 6. The van der Waals surface area contributed by atoms with Crippen molar-refractivity contribution in [3.05, 3.63) is 71.2 Å². The standard InChI is InChI=1S/C25H31N5O3/c1-7-29(24(32)33-25(4,5)6)16-20-10-8-9-11-21(20)27-23(31)19-12-13-22(26-15-19)30-18(3)14-17(2)28-30/h8-15H,7,16H2,1-6H3,(H,27,31). The Labute approximate surface area is 194 Å². The molecule has 0 unspecified atom stereocenters. The van der Waals surface area contributed by atoms with Gasteiger partial charge in [-0.3, -0.25) is 4.79 Å². The molecule has 0 atom stereocenters. The summed E-state index contributed by atoms with van der Waals surface area (Å²) in [5, 5.41) is 7.36. The predicted molar refractivity (Wildman–Crippen MR) is 128 cm³/mol. The average Bonchev–Trinajstić information content (AvgIpc) is 3.09. The molecule has 2 aromatic heterocycles. The molecule has 0 fully saturated rings. The summed E-state index contributed by atoms with van der Waals surface area (Å²) in [4.78, 5) is 31.4. The van der Waals surface area contributed by atoms with E-state index in [0.29, 0.717) is 30.2 Å². The second-order valence-corrected chi connectivity index (χ2v) is 8.85. The predicted octanol–water partition coefficient (Wildman–Crippen LogP) is 4.89. The summed E-state index contributed by atoms with van der Waals surface area (Å²) < 4.78 is 7.23. The first-order valence-corrected chi connectivity index (χ1v) is 10.9. The smallest absolute Gasteiger partial charge is 0.410 e. The molecule has 3 rings (SSSR count). The van der Waals surface area contributed by atoms with E-state index in [1.54, 1.807) is 21.7 Å². The van der Waals surface area contributed by atoms with Gasteiger partial charge >= 0.3 is 6.09 Å². The Morgan fingerprint density at radius 1 is 1.12 bits per heavy atom. The molecule has 0 spiro atoms. The van der Waals surface area contributed by atoms with E-state index in [1.165, 1.54) is 6.20 Å². The quantitative estimate of drug-likeness (QED) is 0.579. The zero-order valence-corrected chi connectivity index (χ0v) is 20.0. The lowest BCUT2D eigenvalue weighted by Crippen LogP contribution is -2.36. The molecule has 0 aliphatic rings. The van der Waals surface area contributed by atoms with Crippen molar-refractivity contribution in [3.63, 3.8) is 0 Å². The number of nitrogens with zero attached hydrogens (tertiary/aromatic N) is 4. The molecule has 8 nitrogen and oxygen atoms in total. The van der Waals surface area contributed by atoms with Gasteiger partial charge in [0, 0.05) is 24.1 Å². The maximum absolute atomic E-state index is 12.9. The lowest BCUT2D eigenvalue weighted by atomic mass is 10.1. The Hall–Kier alpha value is -3.68. The number of carbonyl (C=O) groups is 2. The number of amides is 2. The van der Waals surface area contributed by atoms with E-state index in [2.05, 4.69) is 15.4 Å². The van der Waals surface area contributed by atoms with Gasteiger partial charge in [-0.2, -0.15) is 5.10 Å². The maximum Gasteiger partial charge on any atom is 0.410 e. The number of hydrogen-bond donors (Lipinski definition) is 1. The van der Waals surface area contributed by atoms with Gasteiger partial charge in [-0.15, -0.1) is 0 Å². The van der Waals surface area contributed by atoms with E-state index < -0.39 is 11.7 Å². The first-order chi connectivity index (χ1) is 15.6. The van der Waals surface area contributed by atoms with Gasteiger partial charge in [0.2, 0.25) is 0 Å². The lowest BCUT2D eigenvalue weighted by molar-refractivity contribution is 0.0245. The number of pyridine rings is 1. The SMILES string of the molecule is CCN(Cc1ccccc1NC(=O)c1ccc(-n2nc(C)cc2C)nc1)C(=O)OC(C)(C)C. The number of hydrogen-bond acceptors (Lipinski definition) is 5. The number of anilines is 1. The number of benzene rings is 1. The minimum Gasteiger partial charge on any atom is -0.444 e. The van der Waals surface area contributed by atoms with Crippen molar-refractivity contribution >= 4 is 17.7 Å². The molecule has 0 aliphatic heterocycles. The van der Waals surface area contributed by atoms with Gasteiger partial charge in [-0.1, -0.05) is 18.2 Å². The largest absolute Gasteiger partial charge is 0.444 e. The molecule has 0 aliphatic carbocycles. The third kappa shape index (κ3) is 6.19. The molecule has 0 radical (unpaired) electrons. The van der Waals surface area contributed by atoms with Crippen LogP contribution in [0.3, 0.4) is 0 Å². The van der Waals surface area contributed by atoms with Crippen LogP contribution in [0.25, 0.3) is 5.82 Å². The zero-order valence-electron chi connectivity index (χ0n) is 20.0. The van der Waals surface area contributed by atoms with E-state index in [4.69, 9.17) is 4.74 Å². The zero-order chi connectivity index (χ0) is 24.2. The monoisotopic (exact) mass is 449 g/mol. The number of carbonyl (C=O) groups excluding carboxylic acids is 2. The Bertz CT molecular complexity index is 1130. The summed E-state index contributed by atoms with van der Waals surface area (Å²) in [6.07, 6.45) is 1.14. The highest BCUT2D eigenvalue weighted by molar-refractivity contribution is 6.04. The van der Waals surface area contributed by atoms with Gasteiger partial charge in [0.05, 0.1) is 17.8 Å². The van der Waals surface area contributed by atoms with Gasteiger partial charge in [-0.05, 0) is 71.4 Å². The van der Waals surface area contributed by atoms with Crippen molar-refractivity contribution in [1.29, 1.82) is 0 Å². The summed E-state index contributed by atoms with van der Waals surface area (Å²) in [5.74, 6) is 0.365. The summed E-state index contributed by atoms with van der Waals surface area (Å²) in [5.41, 5.74) is 3.16. The molecule has 0 saturated carbocycles. The fourth-order valence-corrected chi connectivity index (χ4v) is 3.32. The average molecular weight is 450 g/mol. The highest BCUT2D eigenvalue weighted by Crippen LogP contribution is 2.20. The maximum atomic E-state index is 12.9. The molecule has 174 valence electrons. The van der Waals surface area contributed by atoms with Crippen LogP contribution in [0, 0.1) is 13.8 Å². The van der Waals surface area contributed by atoms with Crippen LogP contribution in [0.2, 0.25) is 0 Å². The highest BCUT2D eigenvalue weighted by Gasteiger charge is 2.22. The van der Waals surface area contributed by atoms with Crippen LogP contribution in [0.5, 0.6) is 0 Å². The topological polar surface area (TPSA) is 89.4 Å². The van der Waals surface area contributed by atoms with Crippen molar-refractivity contribution in [2.45, 2.75) is 53.7 Å². The van der Waals surface area contributed by atoms with Crippen LogP contribution in [-0.4, -0.2) is 43.8 Å². The molecular weight excluding hydrogens is 418 g/mol. The molecule has 33 heavy (non-hydrogen) atoms. The number of aryl methyl sites for hydroxylation is 2. The van der Waals surface area contributed by atoms with Crippen molar-refractivity contribution < 1.29 is 14.3 Å². The van der Waals surface area contributed by atoms with Crippen LogP contribution in [-0.2, 0) is 11.3 Å². The van der Waals surface area contributed by atoms with Gasteiger partial charge in [0.1, 0.15) is 5.60 Å². The molecule has 0 bridgehead atoms. The van der Waals surface area contributed by atoms with E-state index >= 15 is 0 Å². The van der Waals surface area contributed by atoms with Gasteiger partial charge in [0.15, 0.2) is 5.82 Å². The van der Waals surface area contributed by atoms with Gasteiger partial charge in [0.25, 0.3) is 5.91 Å². The number of para-hydroxylation sites is 1. The first-order valence-electron chi connectivity index (χ1n) is 10.9. The lowest BCUT2D eigenvalue weighted by Gasteiger charge is -2.27. The molecule has 1 N–H and O–H groups in total. The number of ether oxygens (including phenoxy) is 1. The minimum atomic E-state index is -0.579. The van der Waals surface area contributed by atoms with E-state index in [9.17, 15) is 9.59 Å². The number of nitrogens with one attached hydrogen (secondary N) is 1. The Morgan fingerprint density at radius 2 is 1.85 bits per heavy atom. The molecule has 1 aromatic carbocycles. The third-order valence-electron chi connectivity index (χ3n) is 4.90. The second kappa shape index (κ2) is 9.85. The Morgan fingerprint density at radius 3 is 2.42 bits per heavy atom. The van der Waals surface area contributed by atoms with Crippen molar-refractivity contribution in [3.8, 4) is 5.82 Å². The molecule has 8 heteroatoms. The van der Waals surface area contributed by atoms with Crippen LogP contribution in [0.1, 0.15) is 55.0 Å². The fraction of sp³-hybridized carbons (Fsp3) is 0.360. The van der Waals surface area contributed by atoms with Gasteiger partial charge in [-0.25, -0.2) is 14.5 Å². The first kappa shape index (κ1) is 24.0. The Kier molecular flexibility index (Phi) is 7.16. The van der Waals surface area contributed by atoms with Crippen LogP contribution >= 0.6 is 0 Å². The second-order valence-electron chi connectivity index (χ2n) is 8.85. The van der Waals surface area contributed by atoms with E-state index in [1.807, 2.05) is 71.9 Å². The van der Waals surface area contributed by atoms with Gasteiger partial charge < -0.3 is 15.0 Å². The minimum absolute atomic E-state index is 0.282. The molecule has 0 saturated heterocycles. The van der Waals surface area contributed by atoms with Crippen molar-refractivity contribution in [2.24, 2.45) is 0 Å². The fourth-order valence-electron chi connectivity index (χ4n) is 3.32. The third-order valence-corrected chi connectivity index (χ3v) is 4.90. The highest BCUT2D eigenvalue weighted by atomic mass is 16.6. The summed E-state index contributed by atoms with van der Waals surface area (Å²) >= 11 is 0. The van der Waals surface area contributed by atoms with E-state index in [-0.39, 0.29) is 5.91 Å². The molecule has 2 heterocycles. The van der Waals surface area contributed by atoms with E-state index in [0.717, 1.165) is 17.0 Å². The molecule has 2 amide bonds. The normalized spacial score (nSPS) is 11.2. The number of aromatic nitrogens is 3. The summed E-state index contributed by atoms with van der Waals surface area (Å²) in [6.45, 7) is 12.1. The molecule has 3 aromatic rings. The summed E-state index contributed by atoms with van der Waals surface area (Å²) in [7, 11) is 0. The van der Waals surface area contributed by atoms with Crippen LogP contribution in [0.15, 0.2) is 48.7 Å². The van der Waals surface area contributed by atoms with Crippen LogP contribution < -0.4 is 5.32 Å².